The highest BCUT2D eigenvalue weighted by molar-refractivity contribution is 5.27. The van der Waals surface area contributed by atoms with E-state index in [1.165, 1.54) is 5.57 Å². The lowest BCUT2D eigenvalue weighted by Crippen LogP contribution is -2.11. The van der Waals surface area contributed by atoms with Crippen LogP contribution in [0.4, 0.5) is 0 Å². The number of hydrogen-bond acceptors (Lipinski definition) is 2. The van der Waals surface area contributed by atoms with Crippen molar-refractivity contribution in [1.82, 2.24) is 0 Å². The highest BCUT2D eigenvalue weighted by atomic mass is 16.7. The Kier molecular flexibility index (Phi) is 5.85. The third kappa shape index (κ3) is 4.47. The zero-order chi connectivity index (χ0) is 17.6. The Morgan fingerprint density at radius 1 is 0.880 bits per heavy atom. The summed E-state index contributed by atoms with van der Waals surface area (Å²) in [4.78, 5) is 0. The largest absolute Gasteiger partial charge is 0.338 e. The molecule has 2 atom stereocenters. The molecule has 1 heterocycles. The first-order valence-electron chi connectivity index (χ1n) is 8.87. The summed E-state index contributed by atoms with van der Waals surface area (Å²) >= 11 is 0. The summed E-state index contributed by atoms with van der Waals surface area (Å²) in [7, 11) is 0. The minimum Gasteiger partial charge on any atom is -0.338 e. The maximum Gasteiger partial charge on any atom is 0.181 e. The molecule has 0 aliphatic carbocycles. The second kappa shape index (κ2) is 8.28. The first-order valence-corrected chi connectivity index (χ1v) is 8.87. The van der Waals surface area contributed by atoms with E-state index in [4.69, 9.17) is 9.47 Å². The molecule has 0 radical (unpaired) electrons. The maximum absolute atomic E-state index is 6.29. The van der Waals surface area contributed by atoms with Crippen molar-refractivity contribution in [3.8, 4) is 0 Å². The van der Waals surface area contributed by atoms with E-state index >= 15 is 0 Å². The van der Waals surface area contributed by atoms with E-state index < -0.39 is 0 Å². The van der Waals surface area contributed by atoms with Gasteiger partial charge in [0, 0.05) is 0 Å². The molecule has 3 rings (SSSR count). The highest BCUT2D eigenvalue weighted by Gasteiger charge is 2.38. The van der Waals surface area contributed by atoms with Crippen LogP contribution in [0.2, 0.25) is 0 Å². The fraction of sp³-hybridized carbons (Fsp3) is 0.304. The Balaban J connectivity index is 1.78. The zero-order valence-corrected chi connectivity index (χ0v) is 15.0. The standard InChI is InChI=1S/C23H26O2/c1-17(2)11-10-12-18(3)23-24-21(19-13-6-4-7-14-19)22(25-23)20-15-8-5-9-16-20/h4-9,11,13-16,21-23H,3,10,12H2,1-2H3/t21-,22-/m0/s1. The van der Waals surface area contributed by atoms with Crippen LogP contribution in [0.3, 0.4) is 0 Å². The Bertz CT molecular complexity index is 667. The van der Waals surface area contributed by atoms with Crippen molar-refractivity contribution >= 4 is 0 Å². The number of hydrogen-bond donors (Lipinski definition) is 0. The lowest BCUT2D eigenvalue weighted by atomic mass is 9.99. The normalized spacial score (nSPS) is 20.4. The summed E-state index contributed by atoms with van der Waals surface area (Å²) in [5.74, 6) is 0. The molecule has 2 nitrogen and oxygen atoms in total. The fourth-order valence-corrected chi connectivity index (χ4v) is 3.09. The summed E-state index contributed by atoms with van der Waals surface area (Å²) < 4.78 is 12.6. The Labute approximate surface area is 150 Å². The molecule has 0 aromatic heterocycles. The van der Waals surface area contributed by atoms with Crippen LogP contribution in [0.1, 0.15) is 50.0 Å². The van der Waals surface area contributed by atoms with Gasteiger partial charge in [0.05, 0.1) is 0 Å². The van der Waals surface area contributed by atoms with E-state index in [1.54, 1.807) is 0 Å². The average molecular weight is 334 g/mol. The molecule has 0 N–H and O–H groups in total. The summed E-state index contributed by atoms with van der Waals surface area (Å²) in [5.41, 5.74) is 4.59. The van der Waals surface area contributed by atoms with Crippen molar-refractivity contribution in [2.24, 2.45) is 0 Å². The maximum atomic E-state index is 6.29. The second-order valence-electron chi connectivity index (χ2n) is 6.75. The molecular formula is C23H26O2. The molecule has 2 aromatic carbocycles. The number of ether oxygens (including phenoxy) is 2. The van der Waals surface area contributed by atoms with Gasteiger partial charge in [-0.2, -0.15) is 0 Å². The molecular weight excluding hydrogens is 308 g/mol. The third-order valence-corrected chi connectivity index (χ3v) is 4.42. The molecule has 1 saturated heterocycles. The molecule has 1 aliphatic heterocycles. The van der Waals surface area contributed by atoms with Crippen molar-refractivity contribution in [3.05, 3.63) is 95.6 Å². The SMILES string of the molecule is C=C(CCC=C(C)C)C1O[C@@H](c2ccccc2)[C@H](c2ccccc2)O1. The van der Waals surface area contributed by atoms with E-state index in [0.717, 1.165) is 29.5 Å². The summed E-state index contributed by atoms with van der Waals surface area (Å²) in [5, 5.41) is 0. The number of allylic oxidation sites excluding steroid dienone is 2. The molecule has 2 heteroatoms. The average Bonchev–Trinajstić information content (AvgIpc) is 3.08. The van der Waals surface area contributed by atoms with Gasteiger partial charge in [0.2, 0.25) is 0 Å². The Hall–Kier alpha value is -2.16. The molecule has 0 spiro atoms. The lowest BCUT2D eigenvalue weighted by molar-refractivity contribution is -0.0396. The summed E-state index contributed by atoms with van der Waals surface area (Å²) in [6.45, 7) is 8.44. The van der Waals surface area contributed by atoms with Crippen molar-refractivity contribution in [3.63, 3.8) is 0 Å². The van der Waals surface area contributed by atoms with Crippen LogP contribution >= 0.6 is 0 Å². The van der Waals surface area contributed by atoms with E-state index in [2.05, 4.69) is 50.8 Å². The molecule has 130 valence electrons. The predicted molar refractivity (Wildman–Crippen MR) is 102 cm³/mol. The van der Waals surface area contributed by atoms with Crippen molar-refractivity contribution in [1.29, 1.82) is 0 Å². The molecule has 0 bridgehead atoms. The van der Waals surface area contributed by atoms with E-state index in [1.807, 2.05) is 36.4 Å². The molecule has 0 unspecified atom stereocenters. The van der Waals surface area contributed by atoms with Crippen LogP contribution in [0.5, 0.6) is 0 Å². The Morgan fingerprint density at radius 3 is 1.80 bits per heavy atom. The summed E-state index contributed by atoms with van der Waals surface area (Å²) in [6, 6.07) is 20.6. The topological polar surface area (TPSA) is 18.5 Å². The van der Waals surface area contributed by atoms with Crippen LogP contribution in [-0.2, 0) is 9.47 Å². The zero-order valence-electron chi connectivity index (χ0n) is 15.0. The molecule has 1 aliphatic rings. The minimum absolute atomic E-state index is 0.117. The van der Waals surface area contributed by atoms with Crippen LogP contribution < -0.4 is 0 Å². The highest BCUT2D eigenvalue weighted by Crippen LogP contribution is 2.44. The van der Waals surface area contributed by atoms with Gasteiger partial charge in [0.15, 0.2) is 6.29 Å². The van der Waals surface area contributed by atoms with Crippen LogP contribution in [0.15, 0.2) is 84.5 Å². The van der Waals surface area contributed by atoms with Gasteiger partial charge in [-0.15, -0.1) is 0 Å². The van der Waals surface area contributed by atoms with Gasteiger partial charge in [0.1, 0.15) is 12.2 Å². The number of rotatable bonds is 6. The fourth-order valence-electron chi connectivity index (χ4n) is 3.09. The second-order valence-corrected chi connectivity index (χ2v) is 6.75. The smallest absolute Gasteiger partial charge is 0.181 e. The van der Waals surface area contributed by atoms with Crippen LogP contribution in [0.25, 0.3) is 0 Å². The van der Waals surface area contributed by atoms with Gasteiger partial charge < -0.3 is 9.47 Å². The molecule has 1 fully saturated rings. The van der Waals surface area contributed by atoms with Gasteiger partial charge in [-0.1, -0.05) is 78.9 Å². The van der Waals surface area contributed by atoms with Gasteiger partial charge in [0.25, 0.3) is 0 Å². The predicted octanol–water partition coefficient (Wildman–Crippen LogP) is 6.14. The monoisotopic (exact) mass is 334 g/mol. The van der Waals surface area contributed by atoms with Crippen LogP contribution in [0, 0.1) is 0 Å². The van der Waals surface area contributed by atoms with Crippen molar-refractivity contribution in [2.75, 3.05) is 0 Å². The number of benzene rings is 2. The van der Waals surface area contributed by atoms with Crippen molar-refractivity contribution in [2.45, 2.75) is 45.2 Å². The van der Waals surface area contributed by atoms with E-state index in [9.17, 15) is 0 Å². The summed E-state index contributed by atoms with van der Waals surface area (Å²) in [6.07, 6.45) is 3.47. The van der Waals surface area contributed by atoms with Crippen LogP contribution in [-0.4, -0.2) is 6.29 Å². The van der Waals surface area contributed by atoms with Gasteiger partial charge in [-0.25, -0.2) is 0 Å². The first kappa shape index (κ1) is 17.7. The lowest BCUT2D eigenvalue weighted by Gasteiger charge is -2.17. The Morgan fingerprint density at radius 2 is 1.36 bits per heavy atom. The van der Waals surface area contributed by atoms with Crippen molar-refractivity contribution < 1.29 is 9.47 Å². The van der Waals surface area contributed by atoms with Gasteiger partial charge in [-0.05, 0) is 43.4 Å². The third-order valence-electron chi connectivity index (χ3n) is 4.42. The molecule has 0 saturated carbocycles. The first-order chi connectivity index (χ1) is 12.1. The van der Waals surface area contributed by atoms with Gasteiger partial charge >= 0.3 is 0 Å². The molecule has 0 amide bonds. The molecule has 2 aromatic rings. The minimum atomic E-state index is -0.360. The molecule has 25 heavy (non-hydrogen) atoms. The van der Waals surface area contributed by atoms with E-state index in [-0.39, 0.29) is 18.5 Å². The quantitative estimate of drug-likeness (QED) is 0.590. The van der Waals surface area contributed by atoms with Gasteiger partial charge in [-0.3, -0.25) is 0 Å². The van der Waals surface area contributed by atoms with E-state index in [0.29, 0.717) is 0 Å².